The third-order valence-electron chi connectivity index (χ3n) is 5.73. The van der Waals surface area contributed by atoms with Gasteiger partial charge in [0, 0.05) is 18.1 Å². The van der Waals surface area contributed by atoms with Crippen LogP contribution in [0.15, 0.2) is 83.8 Å². The minimum Gasteiger partial charge on any atom is -0.355 e. The molecule has 0 aliphatic heterocycles. The van der Waals surface area contributed by atoms with Crippen LogP contribution in [0.3, 0.4) is 0 Å². The Bertz CT molecular complexity index is 1320. The van der Waals surface area contributed by atoms with Gasteiger partial charge in [-0.15, -0.1) is 0 Å². The van der Waals surface area contributed by atoms with Crippen LogP contribution < -0.4 is 9.62 Å². The van der Waals surface area contributed by atoms with Gasteiger partial charge in [-0.25, -0.2) is 8.42 Å². The standard InChI is InChI=1S/C27H29Cl2N3O4S/c1-3-24(27(34)30-4-2)31(18-20-14-16-21(28)17-15-20)26(33)19-32(25-13-9-8-12-23(25)29)37(35,36)22-10-6-5-7-11-22/h5-17,24H,3-4,18-19H2,1-2H3,(H,30,34)/t24-/m0/s1. The lowest BCUT2D eigenvalue weighted by Crippen LogP contribution is -2.52. The molecule has 0 radical (unpaired) electrons. The van der Waals surface area contributed by atoms with Gasteiger partial charge in [0.25, 0.3) is 10.0 Å². The van der Waals surface area contributed by atoms with E-state index in [4.69, 9.17) is 23.2 Å². The molecule has 10 heteroatoms. The number of rotatable bonds is 11. The first-order valence-electron chi connectivity index (χ1n) is 11.8. The van der Waals surface area contributed by atoms with Gasteiger partial charge < -0.3 is 10.2 Å². The molecule has 7 nitrogen and oxygen atoms in total. The highest BCUT2D eigenvalue weighted by atomic mass is 35.5. The molecule has 0 saturated heterocycles. The van der Waals surface area contributed by atoms with E-state index in [1.165, 1.54) is 17.0 Å². The molecule has 37 heavy (non-hydrogen) atoms. The first kappa shape index (κ1) is 28.5. The van der Waals surface area contributed by atoms with E-state index in [9.17, 15) is 18.0 Å². The Morgan fingerprint density at radius 2 is 1.51 bits per heavy atom. The van der Waals surface area contributed by atoms with E-state index < -0.39 is 28.5 Å². The van der Waals surface area contributed by atoms with Crippen LogP contribution in [-0.4, -0.2) is 44.3 Å². The summed E-state index contributed by atoms with van der Waals surface area (Å²) < 4.78 is 28.4. The summed E-state index contributed by atoms with van der Waals surface area (Å²) in [5, 5.41) is 3.48. The van der Waals surface area contributed by atoms with E-state index in [0.717, 1.165) is 9.87 Å². The highest BCUT2D eigenvalue weighted by molar-refractivity contribution is 7.92. The number of likely N-dealkylation sites (N-methyl/N-ethyl adjacent to an activating group) is 1. The van der Waals surface area contributed by atoms with E-state index in [1.807, 2.05) is 0 Å². The lowest BCUT2D eigenvalue weighted by molar-refractivity contribution is -0.140. The van der Waals surface area contributed by atoms with Crippen LogP contribution in [-0.2, 0) is 26.2 Å². The van der Waals surface area contributed by atoms with Crippen LogP contribution in [0.25, 0.3) is 0 Å². The maximum atomic E-state index is 13.9. The molecule has 0 fully saturated rings. The van der Waals surface area contributed by atoms with Crippen LogP contribution in [0.5, 0.6) is 0 Å². The van der Waals surface area contributed by atoms with E-state index in [-0.39, 0.29) is 28.1 Å². The Hall–Kier alpha value is -3.07. The Balaban J connectivity index is 2.05. The van der Waals surface area contributed by atoms with Gasteiger partial charge in [-0.2, -0.15) is 0 Å². The third-order valence-corrected chi connectivity index (χ3v) is 8.08. The number of hydrogen-bond donors (Lipinski definition) is 1. The number of hydrogen-bond acceptors (Lipinski definition) is 4. The predicted octanol–water partition coefficient (Wildman–Crippen LogP) is 5.13. The molecule has 3 rings (SSSR count). The second-order valence-corrected chi connectivity index (χ2v) is 10.9. The van der Waals surface area contributed by atoms with Crippen molar-refractivity contribution in [3.8, 4) is 0 Å². The summed E-state index contributed by atoms with van der Waals surface area (Å²) in [5.41, 5.74) is 0.912. The maximum absolute atomic E-state index is 13.9. The lowest BCUT2D eigenvalue weighted by atomic mass is 10.1. The van der Waals surface area contributed by atoms with Crippen LogP contribution in [0, 0.1) is 0 Å². The quantitative estimate of drug-likeness (QED) is 0.351. The van der Waals surface area contributed by atoms with Crippen LogP contribution in [0.4, 0.5) is 5.69 Å². The van der Waals surface area contributed by atoms with Gasteiger partial charge in [0.15, 0.2) is 0 Å². The molecule has 3 aromatic rings. The van der Waals surface area contributed by atoms with Crippen molar-refractivity contribution in [3.63, 3.8) is 0 Å². The highest BCUT2D eigenvalue weighted by Crippen LogP contribution is 2.30. The molecule has 3 aromatic carbocycles. The molecule has 0 unspecified atom stereocenters. The number of nitrogens with one attached hydrogen (secondary N) is 1. The maximum Gasteiger partial charge on any atom is 0.264 e. The third kappa shape index (κ3) is 7.03. The second-order valence-electron chi connectivity index (χ2n) is 8.24. The fraction of sp³-hybridized carbons (Fsp3) is 0.259. The zero-order valence-corrected chi connectivity index (χ0v) is 22.9. The van der Waals surface area contributed by atoms with Crippen LogP contribution in [0.1, 0.15) is 25.8 Å². The van der Waals surface area contributed by atoms with Crippen molar-refractivity contribution in [1.82, 2.24) is 10.2 Å². The van der Waals surface area contributed by atoms with Crippen molar-refractivity contribution in [1.29, 1.82) is 0 Å². The van der Waals surface area contributed by atoms with Crippen molar-refractivity contribution in [2.75, 3.05) is 17.4 Å². The molecule has 1 N–H and O–H groups in total. The van der Waals surface area contributed by atoms with Gasteiger partial charge in [0.2, 0.25) is 11.8 Å². The predicted molar refractivity (Wildman–Crippen MR) is 147 cm³/mol. The Kier molecular flexibility index (Phi) is 9.97. The first-order valence-corrected chi connectivity index (χ1v) is 14.0. The largest absolute Gasteiger partial charge is 0.355 e. The van der Waals surface area contributed by atoms with Crippen molar-refractivity contribution in [3.05, 3.63) is 94.5 Å². The molecule has 2 amide bonds. The number of carbonyl (C=O) groups is 2. The Morgan fingerprint density at radius 3 is 2.11 bits per heavy atom. The summed E-state index contributed by atoms with van der Waals surface area (Å²) in [7, 11) is -4.16. The number of anilines is 1. The van der Waals surface area contributed by atoms with Gasteiger partial charge in [-0.1, -0.05) is 72.6 Å². The average molecular weight is 563 g/mol. The molecule has 0 aromatic heterocycles. The molecule has 0 heterocycles. The summed E-state index contributed by atoms with van der Waals surface area (Å²) in [4.78, 5) is 28.2. The molecule has 196 valence electrons. The van der Waals surface area contributed by atoms with Gasteiger partial charge in [0.05, 0.1) is 15.6 Å². The number of benzene rings is 3. The van der Waals surface area contributed by atoms with E-state index in [2.05, 4.69) is 5.32 Å². The van der Waals surface area contributed by atoms with Gasteiger partial charge in [-0.3, -0.25) is 13.9 Å². The molecular formula is C27H29Cl2N3O4S. The van der Waals surface area contributed by atoms with Gasteiger partial charge in [-0.05, 0) is 55.3 Å². The summed E-state index contributed by atoms with van der Waals surface area (Å²) in [5.74, 6) is -0.866. The van der Waals surface area contributed by atoms with Crippen molar-refractivity contribution < 1.29 is 18.0 Å². The number of halogens is 2. The lowest BCUT2D eigenvalue weighted by Gasteiger charge is -2.33. The Labute approximate surface area is 228 Å². The van der Waals surface area contributed by atoms with Crippen molar-refractivity contribution in [2.24, 2.45) is 0 Å². The zero-order chi connectivity index (χ0) is 27.0. The first-order chi connectivity index (χ1) is 17.7. The summed E-state index contributed by atoms with van der Waals surface area (Å²) in [6.07, 6.45) is 0.336. The zero-order valence-electron chi connectivity index (χ0n) is 20.6. The molecule has 0 aliphatic carbocycles. The number of para-hydroxylation sites is 1. The molecule has 0 bridgehead atoms. The summed E-state index contributed by atoms with van der Waals surface area (Å²) in [6, 6.07) is 20.4. The van der Waals surface area contributed by atoms with Gasteiger partial charge in [0.1, 0.15) is 12.6 Å². The van der Waals surface area contributed by atoms with E-state index in [0.29, 0.717) is 18.0 Å². The molecule has 0 saturated carbocycles. The average Bonchev–Trinajstić information content (AvgIpc) is 2.89. The number of nitrogens with zero attached hydrogens (tertiary/aromatic N) is 2. The highest BCUT2D eigenvalue weighted by Gasteiger charge is 2.34. The fourth-order valence-corrected chi connectivity index (χ4v) is 5.75. The summed E-state index contributed by atoms with van der Waals surface area (Å²) in [6.45, 7) is 3.53. The smallest absolute Gasteiger partial charge is 0.264 e. The normalized spacial score (nSPS) is 12.0. The minimum absolute atomic E-state index is 0.0164. The van der Waals surface area contributed by atoms with Crippen LogP contribution >= 0.6 is 23.2 Å². The van der Waals surface area contributed by atoms with E-state index >= 15 is 0 Å². The van der Waals surface area contributed by atoms with Crippen molar-refractivity contribution in [2.45, 2.75) is 37.8 Å². The molecule has 0 aliphatic rings. The van der Waals surface area contributed by atoms with Crippen LogP contribution in [0.2, 0.25) is 10.0 Å². The topological polar surface area (TPSA) is 86.8 Å². The molecular weight excluding hydrogens is 533 g/mol. The fourth-order valence-electron chi connectivity index (χ4n) is 3.89. The number of amides is 2. The van der Waals surface area contributed by atoms with Crippen molar-refractivity contribution >= 4 is 50.7 Å². The second kappa shape index (κ2) is 12.9. The monoisotopic (exact) mass is 561 g/mol. The number of sulfonamides is 1. The molecule has 0 spiro atoms. The summed E-state index contributed by atoms with van der Waals surface area (Å²) >= 11 is 12.4. The SMILES string of the molecule is CCNC(=O)[C@H](CC)N(Cc1ccc(Cl)cc1)C(=O)CN(c1ccccc1Cl)S(=O)(=O)c1ccccc1. The number of carbonyl (C=O) groups excluding carboxylic acids is 2. The molecule has 1 atom stereocenters. The van der Waals surface area contributed by atoms with Gasteiger partial charge >= 0.3 is 0 Å². The Morgan fingerprint density at radius 1 is 0.892 bits per heavy atom. The van der Waals surface area contributed by atoms with E-state index in [1.54, 1.807) is 80.6 Å². The minimum atomic E-state index is -4.16.